The normalized spacial score (nSPS) is 15.7. The van der Waals surface area contributed by atoms with E-state index in [9.17, 15) is 4.79 Å². The molecule has 1 amide bonds. The molecule has 1 aliphatic carbocycles. The molecule has 184 valence electrons. The second-order valence-corrected chi connectivity index (χ2v) is 9.41. The van der Waals surface area contributed by atoms with Crippen molar-refractivity contribution >= 4 is 23.9 Å². The van der Waals surface area contributed by atoms with Crippen molar-refractivity contribution in [2.45, 2.75) is 27.2 Å². The van der Waals surface area contributed by atoms with Gasteiger partial charge in [-0.2, -0.15) is 0 Å². The summed E-state index contributed by atoms with van der Waals surface area (Å²) in [5.41, 5.74) is 4.02. The molecule has 0 unspecified atom stereocenters. The second-order valence-electron chi connectivity index (χ2n) is 9.41. The van der Waals surface area contributed by atoms with E-state index in [0.717, 1.165) is 44.1 Å². The number of carboxylic acid groups (broad SMARTS) is 1. The van der Waals surface area contributed by atoms with Crippen molar-refractivity contribution in [2.24, 2.45) is 5.41 Å². The van der Waals surface area contributed by atoms with Crippen LogP contribution in [0.1, 0.15) is 37.6 Å². The number of pyridine rings is 1. The van der Waals surface area contributed by atoms with Crippen LogP contribution in [0.25, 0.3) is 0 Å². The van der Waals surface area contributed by atoms with Gasteiger partial charge in [0.15, 0.2) is 0 Å². The third kappa shape index (κ3) is 7.30. The highest BCUT2D eigenvalue weighted by molar-refractivity contribution is 5.95. The van der Waals surface area contributed by atoms with Gasteiger partial charge in [0.05, 0.1) is 5.56 Å². The van der Waals surface area contributed by atoms with E-state index >= 15 is 0 Å². The molecule has 4 rings (SSSR count). The van der Waals surface area contributed by atoms with Gasteiger partial charge < -0.3 is 20.2 Å². The molecule has 2 aromatic rings. The molecule has 7 heteroatoms. The minimum atomic E-state index is -0.250. The summed E-state index contributed by atoms with van der Waals surface area (Å²) in [4.78, 5) is 30.3. The van der Waals surface area contributed by atoms with Gasteiger partial charge in [0.1, 0.15) is 5.82 Å². The van der Waals surface area contributed by atoms with Gasteiger partial charge in [-0.15, -0.1) is 0 Å². The van der Waals surface area contributed by atoms with Gasteiger partial charge in [-0.05, 0) is 47.8 Å². The zero-order valence-electron chi connectivity index (χ0n) is 20.6. The van der Waals surface area contributed by atoms with E-state index in [0.29, 0.717) is 5.56 Å². The number of hydrogen-bond donors (Lipinski definition) is 2. The van der Waals surface area contributed by atoms with Gasteiger partial charge >= 0.3 is 0 Å². The summed E-state index contributed by atoms with van der Waals surface area (Å²) in [5, 5.41) is 9.90. The molecule has 1 fully saturated rings. The highest BCUT2D eigenvalue weighted by Gasteiger charge is 2.19. The van der Waals surface area contributed by atoms with Crippen molar-refractivity contribution in [2.75, 3.05) is 36.0 Å². The van der Waals surface area contributed by atoms with Crippen LogP contribution in [-0.4, -0.2) is 48.6 Å². The number of hydrogen-bond acceptors (Lipinski definition) is 5. The lowest BCUT2D eigenvalue weighted by Gasteiger charge is -2.36. The molecule has 1 aliphatic heterocycles. The first-order chi connectivity index (χ1) is 16.8. The number of piperazine rings is 1. The van der Waals surface area contributed by atoms with Crippen LogP contribution < -0.4 is 15.1 Å². The predicted molar refractivity (Wildman–Crippen MR) is 141 cm³/mol. The molecule has 0 spiro atoms. The summed E-state index contributed by atoms with van der Waals surface area (Å²) < 4.78 is 0. The molecule has 0 saturated carbocycles. The van der Waals surface area contributed by atoms with Crippen LogP contribution in [0.5, 0.6) is 0 Å². The molecule has 2 aliphatic rings. The van der Waals surface area contributed by atoms with Crippen LogP contribution >= 0.6 is 0 Å². The third-order valence-electron chi connectivity index (χ3n) is 5.98. The number of amides is 1. The van der Waals surface area contributed by atoms with Crippen LogP contribution in [0.3, 0.4) is 0 Å². The van der Waals surface area contributed by atoms with Gasteiger partial charge in [0.2, 0.25) is 0 Å². The fraction of sp³-hybridized carbons (Fsp3) is 0.321. The average molecular weight is 475 g/mol. The summed E-state index contributed by atoms with van der Waals surface area (Å²) in [6, 6.07) is 14.3. The highest BCUT2D eigenvalue weighted by Crippen LogP contribution is 2.28. The maximum Gasteiger partial charge on any atom is 0.290 e. The summed E-state index contributed by atoms with van der Waals surface area (Å²) in [5.74, 6) is 0.787. The highest BCUT2D eigenvalue weighted by atomic mass is 16.3. The first-order valence-electron chi connectivity index (χ1n) is 11.8. The summed E-state index contributed by atoms with van der Waals surface area (Å²) in [6.07, 6.45) is 10.8. The standard InChI is InChI=1S/C27H32N4O.CH2O2/c1-27(2,3)22-8-7-9-23(14-13-22)29-26(32)21-12-15-25(28-20-21)31-18-16-30(17-19-31)24-10-5-4-6-11-24;2-1-3/h4-6,8-15,20H,7,16-19H2,1-3H3,(H,29,32);1H,(H,2,3). The molecule has 0 atom stereocenters. The number of nitrogens with zero attached hydrogens (tertiary/aromatic N) is 3. The number of anilines is 2. The van der Waals surface area contributed by atoms with Crippen LogP contribution in [0, 0.1) is 5.41 Å². The molecule has 0 bridgehead atoms. The van der Waals surface area contributed by atoms with Crippen LogP contribution in [0.2, 0.25) is 0 Å². The lowest BCUT2D eigenvalue weighted by molar-refractivity contribution is -0.122. The maximum atomic E-state index is 12.7. The molecule has 2 N–H and O–H groups in total. The van der Waals surface area contributed by atoms with Gasteiger partial charge in [-0.1, -0.05) is 57.2 Å². The molecular formula is C28H34N4O3. The molecule has 7 nitrogen and oxygen atoms in total. The number of rotatable bonds is 4. The first-order valence-corrected chi connectivity index (χ1v) is 11.8. The Hall–Kier alpha value is -3.87. The lowest BCUT2D eigenvalue weighted by Crippen LogP contribution is -2.46. The van der Waals surface area contributed by atoms with Crippen LogP contribution in [0.4, 0.5) is 11.5 Å². The molecular weight excluding hydrogens is 440 g/mol. The number of nitrogens with one attached hydrogen (secondary N) is 1. The van der Waals surface area contributed by atoms with E-state index in [-0.39, 0.29) is 17.8 Å². The Kier molecular flexibility index (Phi) is 8.84. The SMILES string of the molecule is CC(C)(C)C1=CCC=C(NC(=O)c2ccc(N3CCN(c4ccccc4)CC3)nc2)C=C1.O=CO. The Labute approximate surface area is 207 Å². The Morgan fingerprint density at radius 1 is 0.971 bits per heavy atom. The molecule has 35 heavy (non-hydrogen) atoms. The fourth-order valence-electron chi connectivity index (χ4n) is 4.02. The number of carbonyl (C=O) groups excluding carboxylic acids is 1. The van der Waals surface area contributed by atoms with E-state index in [4.69, 9.17) is 9.90 Å². The van der Waals surface area contributed by atoms with Gasteiger partial charge in [-0.3, -0.25) is 9.59 Å². The van der Waals surface area contributed by atoms with Crippen molar-refractivity contribution in [3.8, 4) is 0 Å². The van der Waals surface area contributed by atoms with Crippen molar-refractivity contribution in [3.05, 3.63) is 89.8 Å². The fourth-order valence-corrected chi connectivity index (χ4v) is 4.02. The van der Waals surface area contributed by atoms with Crippen molar-refractivity contribution in [3.63, 3.8) is 0 Å². The number of carbonyl (C=O) groups is 2. The van der Waals surface area contributed by atoms with Crippen LogP contribution in [0.15, 0.2) is 84.2 Å². The molecule has 1 saturated heterocycles. The zero-order chi connectivity index (χ0) is 25.3. The van der Waals surface area contributed by atoms with E-state index in [2.05, 4.69) is 77.3 Å². The lowest BCUT2D eigenvalue weighted by atomic mass is 9.86. The van der Waals surface area contributed by atoms with E-state index < -0.39 is 0 Å². The molecule has 1 aromatic carbocycles. The Balaban J connectivity index is 0.00000108. The van der Waals surface area contributed by atoms with E-state index in [1.165, 1.54) is 11.3 Å². The average Bonchev–Trinajstić information content (AvgIpc) is 3.11. The largest absolute Gasteiger partial charge is 0.483 e. The number of para-hydroxylation sites is 1. The Bertz CT molecular complexity index is 1080. The monoisotopic (exact) mass is 474 g/mol. The number of benzene rings is 1. The molecule has 1 aromatic heterocycles. The smallest absolute Gasteiger partial charge is 0.290 e. The maximum absolute atomic E-state index is 12.7. The quantitative estimate of drug-likeness (QED) is 0.627. The van der Waals surface area contributed by atoms with E-state index in [1.807, 2.05) is 30.4 Å². The first kappa shape index (κ1) is 25.7. The third-order valence-corrected chi connectivity index (χ3v) is 5.98. The minimum absolute atomic E-state index is 0.0934. The Morgan fingerprint density at radius 3 is 2.23 bits per heavy atom. The van der Waals surface area contributed by atoms with Crippen LogP contribution in [-0.2, 0) is 4.79 Å². The van der Waals surface area contributed by atoms with Gasteiger partial charge in [-0.25, -0.2) is 4.98 Å². The Morgan fingerprint density at radius 2 is 1.63 bits per heavy atom. The van der Waals surface area contributed by atoms with E-state index in [1.54, 1.807) is 6.20 Å². The van der Waals surface area contributed by atoms with Crippen molar-refractivity contribution in [1.29, 1.82) is 0 Å². The van der Waals surface area contributed by atoms with Gasteiger partial charge in [0.25, 0.3) is 12.4 Å². The second kappa shape index (κ2) is 12.0. The topological polar surface area (TPSA) is 85.8 Å². The summed E-state index contributed by atoms with van der Waals surface area (Å²) >= 11 is 0. The van der Waals surface area contributed by atoms with Crippen molar-refractivity contribution in [1.82, 2.24) is 10.3 Å². The summed E-state index contributed by atoms with van der Waals surface area (Å²) in [6.45, 7) is 10.1. The van der Waals surface area contributed by atoms with Gasteiger partial charge in [0, 0.05) is 43.8 Å². The minimum Gasteiger partial charge on any atom is -0.483 e. The number of aromatic nitrogens is 1. The molecule has 0 radical (unpaired) electrons. The summed E-state index contributed by atoms with van der Waals surface area (Å²) in [7, 11) is 0. The zero-order valence-corrected chi connectivity index (χ0v) is 20.6. The molecule has 2 heterocycles. The predicted octanol–water partition coefficient (Wildman–Crippen LogP) is 4.66. The van der Waals surface area contributed by atoms with Crippen molar-refractivity contribution < 1.29 is 14.7 Å². The number of allylic oxidation sites excluding steroid dienone is 5.